The predicted octanol–water partition coefficient (Wildman–Crippen LogP) is 4.46. The third kappa shape index (κ3) is 1.68. The second-order valence-corrected chi connectivity index (χ2v) is 5.30. The molecule has 3 rings (SSSR count). The largest absolute Gasteiger partial charge is 0.0737 e. The van der Waals surface area contributed by atoms with Crippen molar-refractivity contribution in [1.82, 2.24) is 0 Å². The third-order valence-corrected chi connectivity index (χ3v) is 3.93. The second kappa shape index (κ2) is 3.73. The number of aryl methyl sites for hydroxylation is 1. The molecule has 0 saturated heterocycles. The quantitative estimate of drug-likeness (QED) is 0.608. The molecule has 0 amide bonds. The van der Waals surface area contributed by atoms with Gasteiger partial charge in [0.1, 0.15) is 0 Å². The van der Waals surface area contributed by atoms with Crippen LogP contribution in [-0.2, 0) is 6.42 Å². The summed E-state index contributed by atoms with van der Waals surface area (Å²) < 4.78 is 0. The van der Waals surface area contributed by atoms with Crippen LogP contribution in [0.5, 0.6) is 0 Å². The minimum Gasteiger partial charge on any atom is -0.0737 e. The molecule has 1 aromatic rings. The fourth-order valence-electron chi connectivity index (χ4n) is 2.99. The van der Waals surface area contributed by atoms with E-state index in [1.165, 1.54) is 33.4 Å². The maximum Gasteiger partial charge on any atom is 0.00671 e. The fourth-order valence-corrected chi connectivity index (χ4v) is 2.99. The molecule has 0 N–H and O–H groups in total. The maximum atomic E-state index is 2.40. The monoisotopic (exact) mass is 222 g/mol. The van der Waals surface area contributed by atoms with Crippen molar-refractivity contribution in [2.45, 2.75) is 27.2 Å². The highest BCUT2D eigenvalue weighted by Gasteiger charge is 2.23. The summed E-state index contributed by atoms with van der Waals surface area (Å²) in [6, 6.07) is 6.85. The SMILES string of the molecule is CC1=CC2Cc3ccc(C)cc3C(C)=C2C=C1. The summed E-state index contributed by atoms with van der Waals surface area (Å²) >= 11 is 0. The lowest BCUT2D eigenvalue weighted by Gasteiger charge is -2.28. The van der Waals surface area contributed by atoms with Crippen LogP contribution in [0.2, 0.25) is 0 Å². The van der Waals surface area contributed by atoms with Gasteiger partial charge < -0.3 is 0 Å². The van der Waals surface area contributed by atoms with Gasteiger partial charge in [0, 0.05) is 5.92 Å². The third-order valence-electron chi connectivity index (χ3n) is 3.93. The van der Waals surface area contributed by atoms with Crippen molar-refractivity contribution in [3.63, 3.8) is 0 Å². The fraction of sp³-hybridized carbons (Fsp3) is 0.294. The standard InChI is InChI=1S/C17H18/c1-11-5-7-16-13(3)17-9-12(2)4-6-14(17)10-15(16)8-11/h4-9,15H,10H2,1-3H3. The predicted molar refractivity (Wildman–Crippen MR) is 73.9 cm³/mol. The lowest BCUT2D eigenvalue weighted by Crippen LogP contribution is -2.15. The molecule has 0 nitrogen and oxygen atoms in total. The first-order chi connectivity index (χ1) is 8.15. The van der Waals surface area contributed by atoms with E-state index in [4.69, 9.17) is 0 Å². The lowest BCUT2D eigenvalue weighted by atomic mass is 9.76. The van der Waals surface area contributed by atoms with E-state index in [9.17, 15) is 0 Å². The zero-order valence-electron chi connectivity index (χ0n) is 10.7. The number of hydrogen-bond acceptors (Lipinski definition) is 0. The molecule has 0 heterocycles. The van der Waals surface area contributed by atoms with Crippen LogP contribution in [0.15, 0.2) is 47.6 Å². The Morgan fingerprint density at radius 2 is 1.88 bits per heavy atom. The van der Waals surface area contributed by atoms with Gasteiger partial charge in [0.05, 0.1) is 0 Å². The van der Waals surface area contributed by atoms with E-state index in [1.807, 2.05) is 0 Å². The van der Waals surface area contributed by atoms with Gasteiger partial charge in [-0.1, -0.05) is 47.6 Å². The van der Waals surface area contributed by atoms with Crippen molar-refractivity contribution < 1.29 is 0 Å². The zero-order chi connectivity index (χ0) is 12.0. The Kier molecular flexibility index (Phi) is 2.32. The Hall–Kier alpha value is -1.56. The van der Waals surface area contributed by atoms with Gasteiger partial charge >= 0.3 is 0 Å². The zero-order valence-corrected chi connectivity index (χ0v) is 10.7. The van der Waals surface area contributed by atoms with Gasteiger partial charge in [0.2, 0.25) is 0 Å². The first kappa shape index (κ1) is 10.6. The summed E-state index contributed by atoms with van der Waals surface area (Å²) in [4.78, 5) is 0. The summed E-state index contributed by atoms with van der Waals surface area (Å²) in [6.45, 7) is 6.62. The van der Waals surface area contributed by atoms with E-state index in [0.29, 0.717) is 5.92 Å². The molecule has 2 aliphatic rings. The molecule has 2 aliphatic carbocycles. The summed E-state index contributed by atoms with van der Waals surface area (Å²) in [7, 11) is 0. The maximum absolute atomic E-state index is 2.40. The van der Waals surface area contributed by atoms with Crippen LogP contribution in [-0.4, -0.2) is 0 Å². The van der Waals surface area contributed by atoms with Crippen LogP contribution in [0.4, 0.5) is 0 Å². The van der Waals surface area contributed by atoms with Gasteiger partial charge in [-0.2, -0.15) is 0 Å². The van der Waals surface area contributed by atoms with E-state index < -0.39 is 0 Å². The van der Waals surface area contributed by atoms with Crippen LogP contribution >= 0.6 is 0 Å². The van der Waals surface area contributed by atoms with Crippen LogP contribution in [0, 0.1) is 12.8 Å². The van der Waals surface area contributed by atoms with Crippen molar-refractivity contribution in [2.24, 2.45) is 5.92 Å². The summed E-state index contributed by atoms with van der Waals surface area (Å²) in [5.74, 6) is 0.593. The minimum atomic E-state index is 0.593. The molecule has 0 spiro atoms. The van der Waals surface area contributed by atoms with E-state index in [1.54, 1.807) is 0 Å². The van der Waals surface area contributed by atoms with Gasteiger partial charge in [-0.05, 0) is 49.5 Å². The van der Waals surface area contributed by atoms with Crippen LogP contribution in [0.25, 0.3) is 5.57 Å². The Labute approximate surface area is 103 Å². The van der Waals surface area contributed by atoms with E-state index in [-0.39, 0.29) is 0 Å². The lowest BCUT2D eigenvalue weighted by molar-refractivity contribution is 0.746. The molecule has 86 valence electrons. The number of benzene rings is 1. The molecule has 0 aromatic heterocycles. The molecule has 1 atom stereocenters. The average molecular weight is 222 g/mol. The molecular formula is C17H18. The normalized spacial score (nSPS) is 22.1. The minimum absolute atomic E-state index is 0.593. The highest BCUT2D eigenvalue weighted by Crippen LogP contribution is 2.38. The smallest absolute Gasteiger partial charge is 0.00671 e. The molecule has 0 fully saturated rings. The Balaban J connectivity index is 2.18. The Bertz CT molecular complexity index is 568. The van der Waals surface area contributed by atoms with Gasteiger partial charge in [0.25, 0.3) is 0 Å². The van der Waals surface area contributed by atoms with E-state index >= 15 is 0 Å². The molecule has 0 saturated carbocycles. The second-order valence-electron chi connectivity index (χ2n) is 5.30. The Morgan fingerprint density at radius 1 is 1.06 bits per heavy atom. The van der Waals surface area contributed by atoms with Crippen molar-refractivity contribution >= 4 is 5.57 Å². The molecule has 1 aromatic carbocycles. The molecule has 0 bridgehead atoms. The number of hydrogen-bond donors (Lipinski definition) is 0. The average Bonchev–Trinajstić information content (AvgIpc) is 2.30. The van der Waals surface area contributed by atoms with E-state index in [2.05, 4.69) is 57.2 Å². The summed E-state index contributed by atoms with van der Waals surface area (Å²) in [5, 5.41) is 0. The first-order valence-corrected chi connectivity index (χ1v) is 6.32. The van der Waals surface area contributed by atoms with Gasteiger partial charge in [-0.15, -0.1) is 0 Å². The summed E-state index contributed by atoms with van der Waals surface area (Å²) in [5.41, 5.74) is 8.67. The van der Waals surface area contributed by atoms with Crippen molar-refractivity contribution in [3.05, 3.63) is 64.3 Å². The number of fused-ring (bicyclic) bond motifs is 2. The molecule has 1 unspecified atom stereocenters. The van der Waals surface area contributed by atoms with Crippen molar-refractivity contribution in [2.75, 3.05) is 0 Å². The Morgan fingerprint density at radius 3 is 2.71 bits per heavy atom. The van der Waals surface area contributed by atoms with Gasteiger partial charge in [0.15, 0.2) is 0 Å². The van der Waals surface area contributed by atoms with Crippen LogP contribution in [0.3, 0.4) is 0 Å². The highest BCUT2D eigenvalue weighted by molar-refractivity contribution is 5.76. The topological polar surface area (TPSA) is 0 Å². The highest BCUT2D eigenvalue weighted by atomic mass is 14.3. The van der Waals surface area contributed by atoms with Crippen LogP contribution < -0.4 is 0 Å². The van der Waals surface area contributed by atoms with Crippen molar-refractivity contribution in [3.8, 4) is 0 Å². The molecular weight excluding hydrogens is 204 g/mol. The van der Waals surface area contributed by atoms with E-state index in [0.717, 1.165) is 6.42 Å². The van der Waals surface area contributed by atoms with Crippen molar-refractivity contribution in [1.29, 1.82) is 0 Å². The molecule has 0 aliphatic heterocycles. The van der Waals surface area contributed by atoms with Crippen LogP contribution in [0.1, 0.15) is 30.5 Å². The first-order valence-electron chi connectivity index (χ1n) is 6.32. The molecule has 0 heteroatoms. The van der Waals surface area contributed by atoms with Gasteiger partial charge in [-0.25, -0.2) is 0 Å². The molecule has 17 heavy (non-hydrogen) atoms. The van der Waals surface area contributed by atoms with Gasteiger partial charge in [-0.3, -0.25) is 0 Å². The number of rotatable bonds is 0. The summed E-state index contributed by atoms with van der Waals surface area (Å²) in [6.07, 6.45) is 8.10. The molecule has 0 radical (unpaired) electrons. The number of allylic oxidation sites excluding steroid dienone is 6.